The molecular weight excluding hydrogens is 309 g/mol. The van der Waals surface area contributed by atoms with Crippen LogP contribution in [0.25, 0.3) is 0 Å². The first-order valence-electron chi connectivity index (χ1n) is 5.91. The summed E-state index contributed by atoms with van der Waals surface area (Å²) in [4.78, 5) is 0. The molecule has 19 heavy (non-hydrogen) atoms. The van der Waals surface area contributed by atoms with Gasteiger partial charge in [0.05, 0.1) is 21.9 Å². The van der Waals surface area contributed by atoms with Crippen molar-refractivity contribution in [1.82, 2.24) is 0 Å². The fraction of sp³-hybridized carbons (Fsp3) is 0.500. The molecule has 0 spiro atoms. The fourth-order valence-corrected chi connectivity index (χ4v) is 3.83. The van der Waals surface area contributed by atoms with Crippen molar-refractivity contribution in [2.75, 3.05) is 13.2 Å². The van der Waals surface area contributed by atoms with E-state index in [2.05, 4.69) is 0 Å². The molecule has 2 N–H and O–H groups in total. The molecule has 4 nitrogen and oxygen atoms in total. The Hall–Kier alpha value is -0.330. The maximum atomic E-state index is 11.6. The highest BCUT2D eigenvalue weighted by Gasteiger charge is 2.34. The third-order valence-electron chi connectivity index (χ3n) is 3.31. The Morgan fingerprint density at radius 3 is 2.68 bits per heavy atom. The average Bonchev–Trinajstić information content (AvgIpc) is 2.33. The molecule has 1 aromatic carbocycles. The van der Waals surface area contributed by atoms with Gasteiger partial charge in [-0.1, -0.05) is 29.3 Å². The van der Waals surface area contributed by atoms with E-state index in [0.717, 1.165) is 5.56 Å². The van der Waals surface area contributed by atoms with Crippen LogP contribution in [0.1, 0.15) is 12.0 Å². The topological polar surface area (TPSA) is 69.4 Å². The maximum absolute atomic E-state index is 11.6. The predicted octanol–water partition coefficient (Wildman–Crippen LogP) is 2.23. The number of sulfonamides is 1. The molecule has 0 aliphatic carbocycles. The van der Waals surface area contributed by atoms with E-state index in [1.54, 1.807) is 12.1 Å². The molecule has 1 saturated heterocycles. The molecule has 106 valence electrons. The molecule has 0 amide bonds. The van der Waals surface area contributed by atoms with Gasteiger partial charge >= 0.3 is 0 Å². The standard InChI is InChI=1S/C12H15Cl2NO3S/c13-10-2-1-8(6-11(10)14)5-9-7-18-4-3-12(9)19(15,16)17/h1-2,6,9,12H,3-5,7H2,(H2,15,16,17)/t9-,12-/m0/s1. The van der Waals surface area contributed by atoms with Gasteiger partial charge in [-0.25, -0.2) is 13.6 Å². The SMILES string of the molecule is NS(=O)(=O)[C@H]1CCOC[C@@H]1Cc1ccc(Cl)c(Cl)c1. The second-order valence-corrected chi connectivity index (χ2v) is 7.30. The van der Waals surface area contributed by atoms with E-state index in [4.69, 9.17) is 33.1 Å². The molecule has 0 unspecified atom stereocenters. The normalized spacial score (nSPS) is 24.4. The molecule has 1 aromatic rings. The molecule has 0 aromatic heterocycles. The number of primary sulfonamides is 1. The molecule has 1 fully saturated rings. The molecule has 0 saturated carbocycles. The minimum atomic E-state index is -3.55. The van der Waals surface area contributed by atoms with E-state index >= 15 is 0 Å². The van der Waals surface area contributed by atoms with Gasteiger partial charge in [-0.05, 0) is 30.5 Å². The van der Waals surface area contributed by atoms with Crippen LogP contribution in [0.15, 0.2) is 18.2 Å². The first-order valence-corrected chi connectivity index (χ1v) is 8.28. The summed E-state index contributed by atoms with van der Waals surface area (Å²) in [7, 11) is -3.55. The minimum absolute atomic E-state index is 0.152. The second-order valence-electron chi connectivity index (χ2n) is 4.70. The van der Waals surface area contributed by atoms with Crippen molar-refractivity contribution in [3.05, 3.63) is 33.8 Å². The summed E-state index contributed by atoms with van der Waals surface area (Å²) in [5, 5.41) is 5.66. The van der Waals surface area contributed by atoms with Crippen LogP contribution >= 0.6 is 23.2 Å². The van der Waals surface area contributed by atoms with Gasteiger partial charge in [-0.2, -0.15) is 0 Å². The first-order chi connectivity index (χ1) is 8.88. The number of hydrogen-bond donors (Lipinski definition) is 1. The Balaban J connectivity index is 2.17. The van der Waals surface area contributed by atoms with Crippen molar-refractivity contribution < 1.29 is 13.2 Å². The molecule has 1 aliphatic heterocycles. The highest BCUT2D eigenvalue weighted by molar-refractivity contribution is 7.89. The van der Waals surface area contributed by atoms with E-state index < -0.39 is 15.3 Å². The van der Waals surface area contributed by atoms with Gasteiger partial charge in [0.25, 0.3) is 0 Å². The van der Waals surface area contributed by atoms with E-state index in [1.165, 1.54) is 0 Å². The average molecular weight is 324 g/mol. The zero-order valence-corrected chi connectivity index (χ0v) is 12.5. The van der Waals surface area contributed by atoms with Gasteiger partial charge in [0.1, 0.15) is 0 Å². The van der Waals surface area contributed by atoms with Crippen molar-refractivity contribution in [2.24, 2.45) is 11.1 Å². The molecule has 0 radical (unpaired) electrons. The molecule has 1 aliphatic rings. The lowest BCUT2D eigenvalue weighted by Crippen LogP contribution is -2.42. The number of nitrogens with two attached hydrogens (primary N) is 1. The Kier molecular flexibility index (Phi) is 4.74. The zero-order valence-electron chi connectivity index (χ0n) is 10.2. The summed E-state index contributed by atoms with van der Waals surface area (Å²) in [6.45, 7) is 0.820. The molecule has 2 rings (SSSR count). The molecule has 7 heteroatoms. The number of hydrogen-bond acceptors (Lipinski definition) is 3. The summed E-state index contributed by atoms with van der Waals surface area (Å²) >= 11 is 11.8. The Morgan fingerprint density at radius 1 is 1.32 bits per heavy atom. The lowest BCUT2D eigenvalue weighted by Gasteiger charge is -2.30. The van der Waals surface area contributed by atoms with Crippen LogP contribution in [0.3, 0.4) is 0 Å². The van der Waals surface area contributed by atoms with Crippen molar-refractivity contribution in [3.63, 3.8) is 0 Å². The van der Waals surface area contributed by atoms with Crippen LogP contribution in [0.4, 0.5) is 0 Å². The predicted molar refractivity (Wildman–Crippen MR) is 76.0 cm³/mol. The summed E-state index contributed by atoms with van der Waals surface area (Å²) in [6.07, 6.45) is 0.989. The van der Waals surface area contributed by atoms with Gasteiger partial charge in [0.15, 0.2) is 0 Å². The first kappa shape index (κ1) is 15.1. The summed E-state index contributed by atoms with van der Waals surface area (Å²) in [5.41, 5.74) is 0.929. The lowest BCUT2D eigenvalue weighted by atomic mass is 9.93. The van der Waals surface area contributed by atoms with Crippen molar-refractivity contribution in [2.45, 2.75) is 18.1 Å². The van der Waals surface area contributed by atoms with Crippen LogP contribution in [0.5, 0.6) is 0 Å². The quantitative estimate of drug-likeness (QED) is 0.927. The van der Waals surface area contributed by atoms with Crippen LogP contribution in [-0.2, 0) is 21.2 Å². The van der Waals surface area contributed by atoms with Gasteiger partial charge in [0.2, 0.25) is 10.0 Å². The van der Waals surface area contributed by atoms with E-state index in [9.17, 15) is 8.42 Å². The molecule has 0 bridgehead atoms. The van der Waals surface area contributed by atoms with E-state index in [-0.39, 0.29) is 5.92 Å². The summed E-state index contributed by atoms with van der Waals surface area (Å²) < 4.78 is 28.5. The minimum Gasteiger partial charge on any atom is -0.381 e. The third-order valence-corrected chi connectivity index (χ3v) is 5.51. The van der Waals surface area contributed by atoms with Crippen LogP contribution in [0, 0.1) is 5.92 Å². The number of rotatable bonds is 3. The summed E-state index contributed by atoms with van der Waals surface area (Å²) in [6, 6.07) is 5.29. The number of halogens is 2. The highest BCUT2D eigenvalue weighted by Crippen LogP contribution is 2.27. The van der Waals surface area contributed by atoms with Crippen molar-refractivity contribution in [3.8, 4) is 0 Å². The lowest BCUT2D eigenvalue weighted by molar-refractivity contribution is 0.0572. The van der Waals surface area contributed by atoms with Gasteiger partial charge in [0, 0.05) is 12.5 Å². The molecular formula is C12H15Cl2NO3S. The largest absolute Gasteiger partial charge is 0.381 e. The van der Waals surface area contributed by atoms with Gasteiger partial charge in [-0.3, -0.25) is 0 Å². The van der Waals surface area contributed by atoms with Crippen LogP contribution < -0.4 is 5.14 Å². The maximum Gasteiger partial charge on any atom is 0.212 e. The highest BCUT2D eigenvalue weighted by atomic mass is 35.5. The zero-order chi connectivity index (χ0) is 14.0. The number of benzene rings is 1. The van der Waals surface area contributed by atoms with E-state index in [0.29, 0.717) is 36.1 Å². The Morgan fingerprint density at radius 2 is 2.05 bits per heavy atom. The van der Waals surface area contributed by atoms with E-state index in [1.807, 2.05) is 6.07 Å². The number of ether oxygens (including phenoxy) is 1. The van der Waals surface area contributed by atoms with Crippen LogP contribution in [-0.4, -0.2) is 26.9 Å². The Labute approximate surface area is 122 Å². The fourth-order valence-electron chi connectivity index (χ4n) is 2.37. The third kappa shape index (κ3) is 3.83. The van der Waals surface area contributed by atoms with Gasteiger partial charge < -0.3 is 4.74 Å². The Bertz CT molecular complexity index is 562. The smallest absolute Gasteiger partial charge is 0.212 e. The van der Waals surface area contributed by atoms with Gasteiger partial charge in [-0.15, -0.1) is 0 Å². The van der Waals surface area contributed by atoms with Crippen molar-refractivity contribution in [1.29, 1.82) is 0 Å². The molecule has 2 atom stereocenters. The second kappa shape index (κ2) is 5.97. The monoisotopic (exact) mass is 323 g/mol. The van der Waals surface area contributed by atoms with Crippen LogP contribution in [0.2, 0.25) is 10.0 Å². The molecule has 1 heterocycles. The van der Waals surface area contributed by atoms with Crippen molar-refractivity contribution >= 4 is 33.2 Å². The summed E-state index contributed by atoms with van der Waals surface area (Å²) in [5.74, 6) is -0.152.